The molecule has 1 saturated carbocycles. The highest BCUT2D eigenvalue weighted by atomic mass is 35.5. The molecule has 1 aromatic carbocycles. The molecule has 2 amide bonds. The van der Waals surface area contributed by atoms with Gasteiger partial charge in [-0.1, -0.05) is 11.6 Å². The van der Waals surface area contributed by atoms with Crippen LogP contribution in [0.3, 0.4) is 0 Å². The lowest BCUT2D eigenvalue weighted by molar-refractivity contribution is -0.140. The van der Waals surface area contributed by atoms with Gasteiger partial charge in [0.25, 0.3) is 11.8 Å². The summed E-state index contributed by atoms with van der Waals surface area (Å²) >= 11 is 6.13. The van der Waals surface area contributed by atoms with Gasteiger partial charge in [-0.15, -0.1) is 12.4 Å². The first-order chi connectivity index (χ1) is 11.5. The Balaban J connectivity index is 0.00000225. The largest absolute Gasteiger partial charge is 0.368 e. The van der Waals surface area contributed by atoms with Crippen LogP contribution in [0.25, 0.3) is 0 Å². The molecule has 6 nitrogen and oxygen atoms in total. The Labute approximate surface area is 158 Å². The number of ether oxygens (including phenoxy) is 1. The summed E-state index contributed by atoms with van der Waals surface area (Å²) in [5.41, 5.74) is 0.0832. The topological polar surface area (TPSA) is 79.5 Å². The molecule has 25 heavy (non-hydrogen) atoms. The van der Waals surface area contributed by atoms with Crippen LogP contribution in [0.4, 0.5) is 5.69 Å². The first kappa shape index (κ1) is 20.0. The molecule has 1 heterocycles. The highest BCUT2D eigenvalue weighted by molar-refractivity contribution is 6.34. The van der Waals surface area contributed by atoms with Gasteiger partial charge >= 0.3 is 0 Å². The number of halogens is 2. The molecule has 8 heteroatoms. The molecule has 2 aliphatic rings. The van der Waals surface area contributed by atoms with Gasteiger partial charge in [0.1, 0.15) is 5.60 Å². The fourth-order valence-corrected chi connectivity index (χ4v) is 3.07. The van der Waals surface area contributed by atoms with Crippen molar-refractivity contribution in [1.82, 2.24) is 10.6 Å². The van der Waals surface area contributed by atoms with Gasteiger partial charge in [-0.3, -0.25) is 9.59 Å². The van der Waals surface area contributed by atoms with E-state index in [9.17, 15) is 9.59 Å². The van der Waals surface area contributed by atoms with E-state index < -0.39 is 5.60 Å². The molecule has 2 fully saturated rings. The lowest BCUT2D eigenvalue weighted by Crippen LogP contribution is -2.51. The maximum absolute atomic E-state index is 12.7. The fraction of sp³-hybridized carbons (Fsp3) is 0.529. The van der Waals surface area contributed by atoms with Gasteiger partial charge in [0.05, 0.1) is 10.6 Å². The zero-order chi connectivity index (χ0) is 17.2. The first-order valence-electron chi connectivity index (χ1n) is 8.22. The van der Waals surface area contributed by atoms with Crippen LogP contribution < -0.4 is 16.0 Å². The zero-order valence-corrected chi connectivity index (χ0v) is 15.6. The molecule has 1 aromatic rings. The SMILES string of the molecule is COC1(C(=O)Nc2ccc(Cl)c(C(=O)NC3CC3)c2)CCNCC1.Cl. The van der Waals surface area contributed by atoms with Crippen molar-refractivity contribution in [2.45, 2.75) is 37.3 Å². The number of rotatable bonds is 5. The lowest BCUT2D eigenvalue weighted by atomic mass is 9.91. The molecule has 0 bridgehead atoms. The summed E-state index contributed by atoms with van der Waals surface area (Å²) in [6.07, 6.45) is 3.23. The van der Waals surface area contributed by atoms with Crippen LogP contribution in [0.1, 0.15) is 36.0 Å². The van der Waals surface area contributed by atoms with Gasteiger partial charge in [0, 0.05) is 18.8 Å². The average molecular weight is 388 g/mol. The Morgan fingerprint density at radius 1 is 1.28 bits per heavy atom. The van der Waals surface area contributed by atoms with Crippen molar-refractivity contribution in [3.05, 3.63) is 28.8 Å². The highest BCUT2D eigenvalue weighted by Gasteiger charge is 2.39. The van der Waals surface area contributed by atoms with Crippen LogP contribution in [0, 0.1) is 0 Å². The maximum Gasteiger partial charge on any atom is 0.256 e. The van der Waals surface area contributed by atoms with Crippen LogP contribution in [0.5, 0.6) is 0 Å². The van der Waals surface area contributed by atoms with E-state index in [0.717, 1.165) is 25.9 Å². The van der Waals surface area contributed by atoms with E-state index in [2.05, 4.69) is 16.0 Å². The van der Waals surface area contributed by atoms with Crippen molar-refractivity contribution >= 4 is 41.5 Å². The summed E-state index contributed by atoms with van der Waals surface area (Å²) in [6, 6.07) is 5.18. The molecule has 138 valence electrons. The Morgan fingerprint density at radius 3 is 2.56 bits per heavy atom. The lowest BCUT2D eigenvalue weighted by Gasteiger charge is -2.34. The van der Waals surface area contributed by atoms with Crippen molar-refractivity contribution < 1.29 is 14.3 Å². The predicted molar refractivity (Wildman–Crippen MR) is 99.7 cm³/mol. The maximum atomic E-state index is 12.7. The summed E-state index contributed by atoms with van der Waals surface area (Å²) in [5.74, 6) is -0.399. The number of carbonyl (C=O) groups is 2. The van der Waals surface area contributed by atoms with Gasteiger partial charge in [-0.05, 0) is 57.0 Å². The van der Waals surface area contributed by atoms with Crippen LogP contribution in [-0.2, 0) is 9.53 Å². The average Bonchev–Trinajstić information content (AvgIpc) is 3.41. The van der Waals surface area contributed by atoms with E-state index >= 15 is 0 Å². The minimum Gasteiger partial charge on any atom is -0.368 e. The van der Waals surface area contributed by atoms with Gasteiger partial charge in [-0.2, -0.15) is 0 Å². The second-order valence-corrected chi connectivity index (χ2v) is 6.75. The number of nitrogens with one attached hydrogen (secondary N) is 3. The van der Waals surface area contributed by atoms with Crippen molar-refractivity contribution in [2.75, 3.05) is 25.5 Å². The number of methoxy groups -OCH3 is 1. The van der Waals surface area contributed by atoms with E-state index in [1.807, 2.05) is 0 Å². The molecule has 0 radical (unpaired) electrons. The fourth-order valence-electron chi connectivity index (χ4n) is 2.87. The van der Waals surface area contributed by atoms with Crippen molar-refractivity contribution in [3.8, 4) is 0 Å². The Bertz CT molecular complexity index is 644. The number of hydrogen-bond donors (Lipinski definition) is 3. The number of carbonyl (C=O) groups excluding carboxylic acids is 2. The molecule has 1 saturated heterocycles. The van der Waals surface area contributed by atoms with E-state index in [1.165, 1.54) is 0 Å². The van der Waals surface area contributed by atoms with Crippen LogP contribution in [0.2, 0.25) is 5.02 Å². The Hall–Kier alpha value is -1.34. The van der Waals surface area contributed by atoms with Gasteiger partial charge in [0.2, 0.25) is 0 Å². The molecule has 1 aliphatic carbocycles. The number of piperidine rings is 1. The number of hydrogen-bond acceptors (Lipinski definition) is 4. The minimum absolute atomic E-state index is 0. The highest BCUT2D eigenvalue weighted by Crippen LogP contribution is 2.27. The predicted octanol–water partition coefficient (Wildman–Crippen LogP) is 2.36. The Kier molecular flexibility index (Phi) is 6.68. The third kappa shape index (κ3) is 4.64. The summed E-state index contributed by atoms with van der Waals surface area (Å²) in [6.45, 7) is 1.47. The standard InChI is InChI=1S/C17H22ClN3O3.ClH/c1-24-17(6-8-19-9-7-17)16(23)21-12-4-5-14(18)13(10-12)15(22)20-11-2-3-11;/h4-5,10-11,19H,2-3,6-9H2,1H3,(H,20,22)(H,21,23);1H. The minimum atomic E-state index is -0.832. The molecule has 0 unspecified atom stereocenters. The molecule has 0 atom stereocenters. The van der Waals surface area contributed by atoms with Crippen LogP contribution >= 0.6 is 24.0 Å². The summed E-state index contributed by atoms with van der Waals surface area (Å²) in [7, 11) is 1.56. The number of anilines is 1. The molecule has 1 aliphatic heterocycles. The smallest absolute Gasteiger partial charge is 0.256 e. The third-order valence-electron chi connectivity index (χ3n) is 4.60. The van der Waals surface area contributed by atoms with E-state index in [-0.39, 0.29) is 30.3 Å². The monoisotopic (exact) mass is 387 g/mol. The number of benzene rings is 1. The van der Waals surface area contributed by atoms with Crippen LogP contribution in [0.15, 0.2) is 18.2 Å². The van der Waals surface area contributed by atoms with Crippen molar-refractivity contribution in [1.29, 1.82) is 0 Å². The van der Waals surface area contributed by atoms with E-state index in [1.54, 1.807) is 25.3 Å². The summed E-state index contributed by atoms with van der Waals surface area (Å²) in [5, 5.41) is 9.36. The number of amides is 2. The molecule has 0 spiro atoms. The van der Waals surface area contributed by atoms with E-state index in [4.69, 9.17) is 16.3 Å². The normalized spacial score (nSPS) is 18.8. The second-order valence-electron chi connectivity index (χ2n) is 6.34. The second kappa shape index (κ2) is 8.36. The summed E-state index contributed by atoms with van der Waals surface area (Å²) < 4.78 is 5.52. The van der Waals surface area contributed by atoms with Gasteiger partial charge in [0.15, 0.2) is 0 Å². The van der Waals surface area contributed by atoms with Crippen molar-refractivity contribution in [2.24, 2.45) is 0 Å². The quantitative estimate of drug-likeness (QED) is 0.724. The molecule has 3 rings (SSSR count). The van der Waals surface area contributed by atoms with Crippen molar-refractivity contribution in [3.63, 3.8) is 0 Å². The summed E-state index contributed by atoms with van der Waals surface area (Å²) in [4.78, 5) is 24.9. The molecular formula is C17H23Cl2N3O3. The molecule has 0 aromatic heterocycles. The van der Waals surface area contributed by atoms with E-state index in [0.29, 0.717) is 29.1 Å². The Morgan fingerprint density at radius 2 is 1.96 bits per heavy atom. The zero-order valence-electron chi connectivity index (χ0n) is 14.1. The van der Waals surface area contributed by atoms with Gasteiger partial charge < -0.3 is 20.7 Å². The molecule has 3 N–H and O–H groups in total. The molecular weight excluding hydrogens is 365 g/mol. The third-order valence-corrected chi connectivity index (χ3v) is 4.93. The van der Waals surface area contributed by atoms with Crippen LogP contribution in [-0.4, -0.2) is 43.7 Å². The van der Waals surface area contributed by atoms with Gasteiger partial charge in [-0.25, -0.2) is 0 Å². The first-order valence-corrected chi connectivity index (χ1v) is 8.59.